The topological polar surface area (TPSA) is 38.3 Å². The summed E-state index contributed by atoms with van der Waals surface area (Å²) >= 11 is 1.68. The first-order valence-corrected chi connectivity index (χ1v) is 8.03. The van der Waals surface area contributed by atoms with E-state index in [9.17, 15) is 4.79 Å². The zero-order valence-corrected chi connectivity index (χ0v) is 13.1. The van der Waals surface area contributed by atoms with E-state index in [-0.39, 0.29) is 5.91 Å². The van der Waals surface area contributed by atoms with E-state index in [2.05, 4.69) is 5.32 Å². The van der Waals surface area contributed by atoms with Crippen molar-refractivity contribution in [3.8, 4) is 5.75 Å². The summed E-state index contributed by atoms with van der Waals surface area (Å²) in [6, 6.07) is 15.6. The van der Waals surface area contributed by atoms with E-state index in [1.165, 1.54) is 4.90 Å². The van der Waals surface area contributed by atoms with Gasteiger partial charge in [-0.3, -0.25) is 4.79 Å². The van der Waals surface area contributed by atoms with Gasteiger partial charge < -0.3 is 10.1 Å². The highest BCUT2D eigenvalue weighted by molar-refractivity contribution is 7.98. The van der Waals surface area contributed by atoms with Crippen LogP contribution in [0.25, 0.3) is 0 Å². The Morgan fingerprint density at radius 3 is 2.62 bits per heavy atom. The van der Waals surface area contributed by atoms with Crippen molar-refractivity contribution in [2.75, 3.05) is 18.2 Å². The number of carbonyl (C=O) groups is 1. The Labute approximate surface area is 129 Å². The van der Waals surface area contributed by atoms with Crippen LogP contribution in [0.3, 0.4) is 0 Å². The Morgan fingerprint density at radius 2 is 1.95 bits per heavy atom. The Balaban J connectivity index is 1.76. The Morgan fingerprint density at radius 1 is 1.19 bits per heavy atom. The first-order valence-electron chi connectivity index (χ1n) is 6.81. The van der Waals surface area contributed by atoms with Gasteiger partial charge in [-0.2, -0.15) is 0 Å². The van der Waals surface area contributed by atoms with Crippen LogP contribution >= 0.6 is 11.8 Å². The third-order valence-corrected chi connectivity index (χ3v) is 3.70. The molecule has 110 valence electrons. The number of hydrogen-bond acceptors (Lipinski definition) is 3. The number of nitrogens with one attached hydrogen (secondary N) is 1. The van der Waals surface area contributed by atoms with Crippen molar-refractivity contribution in [3.05, 3.63) is 54.1 Å². The number of amides is 1. The molecule has 0 atom stereocenters. The van der Waals surface area contributed by atoms with E-state index < -0.39 is 0 Å². The summed E-state index contributed by atoms with van der Waals surface area (Å²) in [5.74, 6) is 0.756. The molecule has 0 spiro atoms. The molecule has 0 aliphatic carbocycles. The van der Waals surface area contributed by atoms with E-state index in [0.717, 1.165) is 17.0 Å². The standard InChI is InChI=1S/C17H19NO2S/c1-13-4-3-5-15(12-13)20-11-10-17(19)18-14-6-8-16(21-2)9-7-14/h3-9,12H,10-11H2,1-2H3,(H,18,19). The molecule has 3 nitrogen and oxygen atoms in total. The molecule has 0 aliphatic heterocycles. The van der Waals surface area contributed by atoms with Crippen molar-refractivity contribution >= 4 is 23.4 Å². The number of anilines is 1. The van der Waals surface area contributed by atoms with Gasteiger partial charge in [-0.25, -0.2) is 0 Å². The van der Waals surface area contributed by atoms with Crippen molar-refractivity contribution in [2.24, 2.45) is 0 Å². The van der Waals surface area contributed by atoms with Crippen LogP contribution in [0.2, 0.25) is 0 Å². The maximum absolute atomic E-state index is 11.8. The van der Waals surface area contributed by atoms with Crippen LogP contribution < -0.4 is 10.1 Å². The summed E-state index contributed by atoms with van der Waals surface area (Å²) < 4.78 is 5.57. The third kappa shape index (κ3) is 5.16. The molecule has 0 aliphatic rings. The Hall–Kier alpha value is -1.94. The molecule has 0 saturated heterocycles. The number of rotatable bonds is 6. The van der Waals surface area contributed by atoms with E-state index in [0.29, 0.717) is 13.0 Å². The normalized spacial score (nSPS) is 10.2. The van der Waals surface area contributed by atoms with Crippen LogP contribution in [-0.2, 0) is 4.79 Å². The molecule has 1 N–H and O–H groups in total. The lowest BCUT2D eigenvalue weighted by molar-refractivity contribution is -0.116. The third-order valence-electron chi connectivity index (χ3n) is 2.96. The maximum Gasteiger partial charge on any atom is 0.227 e. The van der Waals surface area contributed by atoms with E-state index >= 15 is 0 Å². The van der Waals surface area contributed by atoms with E-state index in [4.69, 9.17) is 4.74 Å². The first-order chi connectivity index (χ1) is 10.2. The molecule has 0 saturated carbocycles. The van der Waals surface area contributed by atoms with Crippen LogP contribution in [0.1, 0.15) is 12.0 Å². The second-order valence-corrected chi connectivity index (χ2v) is 5.57. The predicted molar refractivity (Wildman–Crippen MR) is 88.1 cm³/mol. The molecule has 0 unspecified atom stereocenters. The fourth-order valence-corrected chi connectivity index (χ4v) is 2.27. The molecule has 2 aromatic rings. The largest absolute Gasteiger partial charge is 0.493 e. The lowest BCUT2D eigenvalue weighted by atomic mass is 10.2. The van der Waals surface area contributed by atoms with Crippen LogP contribution in [0, 0.1) is 6.92 Å². The van der Waals surface area contributed by atoms with Gasteiger partial charge in [-0.15, -0.1) is 11.8 Å². The van der Waals surface area contributed by atoms with E-state index in [1.54, 1.807) is 11.8 Å². The first kappa shape index (κ1) is 15.4. The van der Waals surface area contributed by atoms with Crippen LogP contribution in [0.4, 0.5) is 5.69 Å². The van der Waals surface area contributed by atoms with Gasteiger partial charge in [0.05, 0.1) is 13.0 Å². The van der Waals surface area contributed by atoms with Gasteiger partial charge in [0.25, 0.3) is 0 Å². The fourth-order valence-electron chi connectivity index (χ4n) is 1.86. The summed E-state index contributed by atoms with van der Waals surface area (Å²) in [6.45, 7) is 2.38. The number of thioether (sulfide) groups is 1. The number of aryl methyl sites for hydroxylation is 1. The predicted octanol–water partition coefficient (Wildman–Crippen LogP) is 4.12. The van der Waals surface area contributed by atoms with Crippen molar-refractivity contribution < 1.29 is 9.53 Å². The SMILES string of the molecule is CSc1ccc(NC(=O)CCOc2cccc(C)c2)cc1. The average molecular weight is 301 g/mol. The molecule has 2 aromatic carbocycles. The molecule has 1 amide bonds. The molecule has 0 aromatic heterocycles. The van der Waals surface area contributed by atoms with Gasteiger partial charge in [0.1, 0.15) is 5.75 Å². The Kier molecular flexibility index (Phi) is 5.69. The van der Waals surface area contributed by atoms with Crippen LogP contribution in [0.5, 0.6) is 5.75 Å². The van der Waals surface area contributed by atoms with Crippen LogP contribution in [0.15, 0.2) is 53.4 Å². The zero-order chi connectivity index (χ0) is 15.1. The molecule has 0 bridgehead atoms. The van der Waals surface area contributed by atoms with Crippen molar-refractivity contribution in [2.45, 2.75) is 18.2 Å². The minimum Gasteiger partial charge on any atom is -0.493 e. The maximum atomic E-state index is 11.8. The fraction of sp³-hybridized carbons (Fsp3) is 0.235. The quantitative estimate of drug-likeness (QED) is 0.815. The number of ether oxygens (including phenoxy) is 1. The van der Waals surface area contributed by atoms with E-state index in [1.807, 2.05) is 61.7 Å². The number of hydrogen-bond donors (Lipinski definition) is 1. The molecule has 2 rings (SSSR count). The lowest BCUT2D eigenvalue weighted by Gasteiger charge is -2.08. The summed E-state index contributed by atoms with van der Waals surface area (Å²) in [5, 5.41) is 2.86. The Bertz CT molecular complexity index is 596. The summed E-state index contributed by atoms with van der Waals surface area (Å²) in [6.07, 6.45) is 2.36. The molecule has 4 heteroatoms. The van der Waals surface area contributed by atoms with Crippen LogP contribution in [-0.4, -0.2) is 18.8 Å². The zero-order valence-electron chi connectivity index (χ0n) is 12.3. The number of carbonyl (C=O) groups excluding carboxylic acids is 1. The van der Waals surface area contributed by atoms with Crippen molar-refractivity contribution in [1.82, 2.24) is 0 Å². The van der Waals surface area contributed by atoms with Gasteiger partial charge in [0.2, 0.25) is 5.91 Å². The second kappa shape index (κ2) is 7.74. The van der Waals surface area contributed by atoms with Crippen molar-refractivity contribution in [1.29, 1.82) is 0 Å². The second-order valence-electron chi connectivity index (χ2n) is 4.69. The molecule has 0 radical (unpaired) electrons. The van der Waals surface area contributed by atoms with Crippen molar-refractivity contribution in [3.63, 3.8) is 0 Å². The average Bonchev–Trinajstić information content (AvgIpc) is 2.48. The molecular weight excluding hydrogens is 282 g/mol. The lowest BCUT2D eigenvalue weighted by Crippen LogP contribution is -2.15. The number of benzene rings is 2. The molecule has 0 heterocycles. The summed E-state index contributed by atoms with van der Waals surface area (Å²) in [7, 11) is 0. The highest BCUT2D eigenvalue weighted by Crippen LogP contribution is 2.17. The monoisotopic (exact) mass is 301 g/mol. The summed E-state index contributed by atoms with van der Waals surface area (Å²) in [4.78, 5) is 13.0. The molecular formula is C17H19NO2S. The smallest absolute Gasteiger partial charge is 0.227 e. The highest BCUT2D eigenvalue weighted by Gasteiger charge is 2.03. The summed E-state index contributed by atoms with van der Waals surface area (Å²) in [5.41, 5.74) is 1.96. The van der Waals surface area contributed by atoms with Gasteiger partial charge >= 0.3 is 0 Å². The highest BCUT2D eigenvalue weighted by atomic mass is 32.2. The minimum atomic E-state index is -0.0421. The molecule has 21 heavy (non-hydrogen) atoms. The van der Waals surface area contributed by atoms with Gasteiger partial charge in [0, 0.05) is 10.6 Å². The minimum absolute atomic E-state index is 0.0421. The molecule has 0 fully saturated rings. The van der Waals surface area contributed by atoms with Gasteiger partial charge in [-0.05, 0) is 55.1 Å². The van der Waals surface area contributed by atoms with Gasteiger partial charge in [-0.1, -0.05) is 12.1 Å². The van der Waals surface area contributed by atoms with Gasteiger partial charge in [0.15, 0.2) is 0 Å².